The van der Waals surface area contributed by atoms with Gasteiger partial charge in [0.05, 0.1) is 12.0 Å². The lowest BCUT2D eigenvalue weighted by Gasteiger charge is -2.36. The van der Waals surface area contributed by atoms with Crippen molar-refractivity contribution >= 4 is 15.8 Å². The SMILES string of the molecule is COc1ccc(S(=O)(=O)NC(C)CN2CCN(c3ccccn3)CC2)c(C)c1. The summed E-state index contributed by atoms with van der Waals surface area (Å²) in [6.07, 6.45) is 1.81. The zero-order valence-corrected chi connectivity index (χ0v) is 17.4. The first-order valence-electron chi connectivity index (χ1n) is 9.44. The average Bonchev–Trinajstić information content (AvgIpc) is 2.68. The summed E-state index contributed by atoms with van der Waals surface area (Å²) in [6, 6.07) is 10.7. The molecular weight excluding hydrogens is 376 g/mol. The van der Waals surface area contributed by atoms with Crippen molar-refractivity contribution in [3.63, 3.8) is 0 Å². The molecule has 1 unspecified atom stereocenters. The lowest BCUT2D eigenvalue weighted by atomic mass is 10.2. The van der Waals surface area contributed by atoms with Crippen LogP contribution in [0.15, 0.2) is 47.5 Å². The maximum atomic E-state index is 12.8. The van der Waals surface area contributed by atoms with E-state index in [4.69, 9.17) is 4.74 Å². The first-order chi connectivity index (χ1) is 13.4. The van der Waals surface area contributed by atoms with Crippen molar-refractivity contribution in [2.75, 3.05) is 44.7 Å². The Bertz CT molecular complexity index is 882. The summed E-state index contributed by atoms with van der Waals surface area (Å²) in [7, 11) is -2.01. The molecule has 2 aromatic rings. The summed E-state index contributed by atoms with van der Waals surface area (Å²) >= 11 is 0. The molecule has 0 aliphatic carbocycles. The first-order valence-corrected chi connectivity index (χ1v) is 10.9. The molecule has 152 valence electrons. The molecule has 0 bridgehead atoms. The number of aryl methyl sites for hydroxylation is 1. The second-order valence-electron chi connectivity index (χ2n) is 7.13. The number of piperazine rings is 1. The van der Waals surface area contributed by atoms with Gasteiger partial charge >= 0.3 is 0 Å². The highest BCUT2D eigenvalue weighted by Gasteiger charge is 2.23. The van der Waals surface area contributed by atoms with Crippen LogP contribution in [0.5, 0.6) is 5.75 Å². The standard InChI is InChI=1S/C20H28N4O3S/c1-16-14-18(27-3)7-8-19(16)28(25,26)22-17(2)15-23-10-12-24(13-11-23)20-6-4-5-9-21-20/h4-9,14,17,22H,10-13,15H2,1-3H3. The minimum atomic E-state index is -3.57. The third-order valence-corrected chi connectivity index (χ3v) is 6.66. The summed E-state index contributed by atoms with van der Waals surface area (Å²) < 4.78 is 33.5. The zero-order chi connectivity index (χ0) is 20.1. The van der Waals surface area contributed by atoms with Crippen LogP contribution in [0.2, 0.25) is 0 Å². The maximum absolute atomic E-state index is 12.8. The van der Waals surface area contributed by atoms with E-state index in [2.05, 4.69) is 19.5 Å². The molecule has 1 fully saturated rings. The molecule has 0 spiro atoms. The molecule has 1 aliphatic heterocycles. The number of sulfonamides is 1. The summed E-state index contributed by atoms with van der Waals surface area (Å²) in [6.45, 7) is 7.88. The lowest BCUT2D eigenvalue weighted by molar-refractivity contribution is 0.241. The van der Waals surface area contributed by atoms with E-state index in [9.17, 15) is 8.42 Å². The monoisotopic (exact) mass is 404 g/mol. The Hall–Kier alpha value is -2.16. The van der Waals surface area contributed by atoms with Gasteiger partial charge in [0, 0.05) is 45.0 Å². The molecule has 1 N–H and O–H groups in total. The number of anilines is 1. The summed E-state index contributed by atoms with van der Waals surface area (Å²) in [5, 5.41) is 0. The maximum Gasteiger partial charge on any atom is 0.241 e. The fraction of sp³-hybridized carbons (Fsp3) is 0.450. The Morgan fingerprint density at radius 2 is 1.93 bits per heavy atom. The molecule has 0 amide bonds. The Kier molecular flexibility index (Phi) is 6.53. The van der Waals surface area contributed by atoms with E-state index in [0.29, 0.717) is 22.8 Å². The molecule has 3 rings (SSSR count). The number of hydrogen-bond donors (Lipinski definition) is 1. The molecule has 1 saturated heterocycles. The minimum Gasteiger partial charge on any atom is -0.497 e. The molecule has 1 aromatic carbocycles. The third kappa shape index (κ3) is 5.01. The zero-order valence-electron chi connectivity index (χ0n) is 16.6. The average molecular weight is 405 g/mol. The van der Waals surface area contributed by atoms with E-state index in [1.807, 2.05) is 25.1 Å². The summed E-state index contributed by atoms with van der Waals surface area (Å²) in [5.41, 5.74) is 0.669. The van der Waals surface area contributed by atoms with Crippen LogP contribution in [0.4, 0.5) is 5.82 Å². The second-order valence-corrected chi connectivity index (χ2v) is 8.81. The van der Waals surface area contributed by atoms with Crippen LogP contribution < -0.4 is 14.4 Å². The van der Waals surface area contributed by atoms with Crippen LogP contribution in [0.3, 0.4) is 0 Å². The van der Waals surface area contributed by atoms with Crippen LogP contribution in [-0.4, -0.2) is 64.2 Å². The second kappa shape index (κ2) is 8.89. The number of nitrogens with one attached hydrogen (secondary N) is 1. The van der Waals surface area contributed by atoms with E-state index in [1.54, 1.807) is 38.4 Å². The van der Waals surface area contributed by atoms with Crippen LogP contribution in [0.1, 0.15) is 12.5 Å². The van der Waals surface area contributed by atoms with Crippen molar-refractivity contribution in [2.24, 2.45) is 0 Å². The number of methoxy groups -OCH3 is 1. The minimum absolute atomic E-state index is 0.187. The molecule has 28 heavy (non-hydrogen) atoms. The highest BCUT2D eigenvalue weighted by molar-refractivity contribution is 7.89. The van der Waals surface area contributed by atoms with Crippen molar-refractivity contribution in [1.29, 1.82) is 0 Å². The fourth-order valence-electron chi connectivity index (χ4n) is 3.50. The molecule has 1 aliphatic rings. The Balaban J connectivity index is 1.55. The number of ether oxygens (including phenoxy) is 1. The van der Waals surface area contributed by atoms with Crippen LogP contribution in [0.25, 0.3) is 0 Å². The first kappa shape index (κ1) is 20.6. The Morgan fingerprint density at radius 3 is 2.54 bits per heavy atom. The van der Waals surface area contributed by atoms with E-state index in [1.165, 1.54) is 0 Å². The highest BCUT2D eigenvalue weighted by atomic mass is 32.2. The smallest absolute Gasteiger partial charge is 0.241 e. The number of aromatic nitrogens is 1. The number of benzene rings is 1. The molecule has 2 heterocycles. The van der Waals surface area contributed by atoms with Crippen LogP contribution >= 0.6 is 0 Å². The van der Waals surface area contributed by atoms with Gasteiger partial charge < -0.3 is 9.64 Å². The van der Waals surface area contributed by atoms with Crippen LogP contribution in [0, 0.1) is 6.92 Å². The lowest BCUT2D eigenvalue weighted by Crippen LogP contribution is -2.51. The third-order valence-electron chi connectivity index (χ3n) is 4.91. The molecule has 8 heteroatoms. The normalized spacial score (nSPS) is 16.8. The van der Waals surface area contributed by atoms with Gasteiger partial charge in [-0.2, -0.15) is 0 Å². The predicted molar refractivity (Wildman–Crippen MR) is 110 cm³/mol. The number of nitrogens with zero attached hydrogens (tertiary/aromatic N) is 3. The van der Waals surface area contributed by atoms with Crippen molar-refractivity contribution in [3.05, 3.63) is 48.2 Å². The molecule has 7 nitrogen and oxygen atoms in total. The van der Waals surface area contributed by atoms with Gasteiger partial charge in [-0.15, -0.1) is 0 Å². The predicted octanol–water partition coefficient (Wildman–Crippen LogP) is 1.89. The topological polar surface area (TPSA) is 74.8 Å². The van der Waals surface area contributed by atoms with E-state index in [0.717, 1.165) is 32.0 Å². The van der Waals surface area contributed by atoms with Gasteiger partial charge in [0.1, 0.15) is 11.6 Å². The molecule has 0 saturated carbocycles. The summed E-state index contributed by atoms with van der Waals surface area (Å²) in [4.78, 5) is 9.23. The van der Waals surface area contributed by atoms with E-state index < -0.39 is 10.0 Å². The number of hydrogen-bond acceptors (Lipinski definition) is 6. The van der Waals surface area contributed by atoms with E-state index in [-0.39, 0.29) is 6.04 Å². The van der Waals surface area contributed by atoms with Gasteiger partial charge in [-0.05, 0) is 49.7 Å². The van der Waals surface area contributed by atoms with Gasteiger partial charge in [-0.25, -0.2) is 18.1 Å². The van der Waals surface area contributed by atoms with Crippen molar-refractivity contribution in [1.82, 2.24) is 14.6 Å². The van der Waals surface area contributed by atoms with Gasteiger partial charge in [0.25, 0.3) is 0 Å². The van der Waals surface area contributed by atoms with E-state index >= 15 is 0 Å². The Labute approximate surface area is 167 Å². The van der Waals surface area contributed by atoms with Crippen molar-refractivity contribution in [3.8, 4) is 5.75 Å². The number of pyridine rings is 1. The van der Waals surface area contributed by atoms with Gasteiger partial charge in [-0.3, -0.25) is 4.90 Å². The molecular formula is C20H28N4O3S. The van der Waals surface area contributed by atoms with Gasteiger partial charge in [0.15, 0.2) is 0 Å². The Morgan fingerprint density at radius 1 is 1.18 bits per heavy atom. The van der Waals surface area contributed by atoms with Gasteiger partial charge in [0.2, 0.25) is 10.0 Å². The molecule has 1 aromatic heterocycles. The van der Waals surface area contributed by atoms with Crippen molar-refractivity contribution in [2.45, 2.75) is 24.8 Å². The largest absolute Gasteiger partial charge is 0.497 e. The van der Waals surface area contributed by atoms with Crippen LogP contribution in [-0.2, 0) is 10.0 Å². The quantitative estimate of drug-likeness (QED) is 0.760. The van der Waals surface area contributed by atoms with Crippen molar-refractivity contribution < 1.29 is 13.2 Å². The molecule has 0 radical (unpaired) electrons. The molecule has 1 atom stereocenters. The summed E-state index contributed by atoms with van der Waals surface area (Å²) in [5.74, 6) is 1.64. The highest BCUT2D eigenvalue weighted by Crippen LogP contribution is 2.21. The number of rotatable bonds is 7. The van der Waals surface area contributed by atoms with Gasteiger partial charge in [-0.1, -0.05) is 6.07 Å². The fourth-order valence-corrected chi connectivity index (χ4v) is 4.96.